The normalized spacial score (nSPS) is 21.7. The monoisotopic (exact) mass is 491 g/mol. The number of likely N-dealkylation sites (N-methyl/N-ethyl adjacent to an activating group) is 2. The Morgan fingerprint density at radius 3 is 2.51 bits per heavy atom. The van der Waals surface area contributed by atoms with Gasteiger partial charge in [-0.2, -0.15) is 0 Å². The number of urea groups is 1. The molecule has 3 atom stereocenters. The summed E-state index contributed by atoms with van der Waals surface area (Å²) in [6.07, 6.45) is -0.271. The zero-order valence-electron chi connectivity index (χ0n) is 22.3. The second kappa shape index (κ2) is 12.7. The number of nitrogens with one attached hydrogen (secondary N) is 2. The molecule has 2 N–H and O–H groups in total. The molecule has 2 rings (SSSR count). The molecule has 1 aliphatic heterocycles. The molecule has 0 aliphatic carbocycles. The van der Waals surface area contributed by atoms with Crippen molar-refractivity contribution in [2.45, 2.75) is 45.9 Å². The number of benzene rings is 1. The molecule has 1 aromatic carbocycles. The summed E-state index contributed by atoms with van der Waals surface area (Å²) < 4.78 is 11.8. The van der Waals surface area contributed by atoms with Crippen molar-refractivity contribution >= 4 is 23.5 Å². The van der Waals surface area contributed by atoms with Gasteiger partial charge in [0.25, 0.3) is 5.91 Å². The molecule has 0 unspecified atom stereocenters. The van der Waals surface area contributed by atoms with E-state index in [-0.39, 0.29) is 55.1 Å². The fourth-order valence-electron chi connectivity index (χ4n) is 3.99. The Labute approximate surface area is 208 Å². The number of hydrogen-bond donors (Lipinski definition) is 2. The zero-order chi connectivity index (χ0) is 26.3. The number of hydrogen-bond acceptors (Lipinski definition) is 6. The van der Waals surface area contributed by atoms with Crippen LogP contribution in [0.3, 0.4) is 0 Å². The van der Waals surface area contributed by atoms with Crippen LogP contribution in [-0.4, -0.2) is 105 Å². The number of ether oxygens (including phenoxy) is 2. The molecule has 1 aromatic rings. The highest BCUT2D eigenvalue weighted by Crippen LogP contribution is 2.26. The predicted octanol–water partition coefficient (Wildman–Crippen LogP) is 2.11. The Balaban J connectivity index is 2.41. The Morgan fingerprint density at radius 1 is 1.23 bits per heavy atom. The van der Waals surface area contributed by atoms with Crippen LogP contribution in [0.5, 0.6) is 5.75 Å². The van der Waals surface area contributed by atoms with Gasteiger partial charge in [0.15, 0.2) is 0 Å². The molecule has 1 heterocycles. The molecular formula is C25H41N5O5. The van der Waals surface area contributed by atoms with Crippen LogP contribution in [0.4, 0.5) is 10.5 Å². The summed E-state index contributed by atoms with van der Waals surface area (Å²) in [7, 11) is 7.05. The lowest BCUT2D eigenvalue weighted by molar-refractivity contribution is -0.136. The first-order valence-corrected chi connectivity index (χ1v) is 12.0. The van der Waals surface area contributed by atoms with Crippen molar-refractivity contribution in [1.29, 1.82) is 0 Å². The number of nitrogens with zero attached hydrogens (tertiary/aromatic N) is 3. The summed E-state index contributed by atoms with van der Waals surface area (Å²) in [5.74, 6) is 0.141. The number of methoxy groups -OCH3 is 1. The maximum Gasteiger partial charge on any atom is 0.319 e. The topological polar surface area (TPSA) is 103 Å². The van der Waals surface area contributed by atoms with Crippen LogP contribution in [0.15, 0.2) is 18.2 Å². The van der Waals surface area contributed by atoms with E-state index in [4.69, 9.17) is 9.47 Å². The second-order valence-electron chi connectivity index (χ2n) is 9.85. The van der Waals surface area contributed by atoms with Crippen molar-refractivity contribution in [1.82, 2.24) is 20.0 Å². The van der Waals surface area contributed by atoms with Gasteiger partial charge < -0.3 is 34.8 Å². The summed E-state index contributed by atoms with van der Waals surface area (Å²) in [5, 5.41) is 5.53. The minimum absolute atomic E-state index is 0.00484. The fraction of sp³-hybridized carbons (Fsp3) is 0.640. The lowest BCUT2D eigenvalue weighted by atomic mass is 10.0. The van der Waals surface area contributed by atoms with Crippen molar-refractivity contribution < 1.29 is 23.9 Å². The van der Waals surface area contributed by atoms with Crippen LogP contribution in [0.2, 0.25) is 0 Å². The average molecular weight is 492 g/mol. The first-order valence-electron chi connectivity index (χ1n) is 12.0. The van der Waals surface area contributed by atoms with Crippen LogP contribution in [-0.2, 0) is 9.53 Å². The molecule has 0 saturated heterocycles. The molecule has 0 saturated carbocycles. The predicted molar refractivity (Wildman–Crippen MR) is 136 cm³/mol. The summed E-state index contributed by atoms with van der Waals surface area (Å²) in [6.45, 7) is 9.02. The number of carbonyl (C=O) groups excluding carboxylic acids is 3. The largest absolute Gasteiger partial charge is 0.491 e. The van der Waals surface area contributed by atoms with Gasteiger partial charge in [-0.05, 0) is 53.1 Å². The average Bonchev–Trinajstić information content (AvgIpc) is 2.77. The maximum absolute atomic E-state index is 13.4. The third-order valence-corrected chi connectivity index (χ3v) is 5.89. The number of carbonyl (C=O) groups is 3. The van der Waals surface area contributed by atoms with Gasteiger partial charge in [0, 0.05) is 44.9 Å². The van der Waals surface area contributed by atoms with Crippen LogP contribution in [0.25, 0.3) is 0 Å². The highest BCUT2D eigenvalue weighted by atomic mass is 16.5. The second-order valence-corrected chi connectivity index (χ2v) is 9.85. The molecule has 10 nitrogen and oxygen atoms in total. The van der Waals surface area contributed by atoms with Crippen molar-refractivity contribution in [3.8, 4) is 5.75 Å². The molecule has 196 valence electrons. The molecular weight excluding hydrogens is 450 g/mol. The van der Waals surface area contributed by atoms with Crippen molar-refractivity contribution in [2.24, 2.45) is 5.92 Å². The number of fused-ring (bicyclic) bond motifs is 1. The van der Waals surface area contributed by atoms with E-state index < -0.39 is 0 Å². The zero-order valence-corrected chi connectivity index (χ0v) is 22.3. The Bertz CT molecular complexity index is 891. The van der Waals surface area contributed by atoms with Crippen molar-refractivity contribution in [3.05, 3.63) is 23.8 Å². The van der Waals surface area contributed by atoms with Gasteiger partial charge in [-0.3, -0.25) is 9.59 Å². The van der Waals surface area contributed by atoms with Crippen LogP contribution < -0.4 is 15.4 Å². The van der Waals surface area contributed by atoms with Gasteiger partial charge in [-0.1, -0.05) is 6.92 Å². The molecule has 0 spiro atoms. The number of amides is 4. The maximum atomic E-state index is 13.4. The molecule has 1 aliphatic rings. The van der Waals surface area contributed by atoms with Crippen molar-refractivity contribution in [2.75, 3.05) is 59.8 Å². The molecule has 0 aromatic heterocycles. The van der Waals surface area contributed by atoms with E-state index in [0.717, 1.165) is 0 Å². The van der Waals surface area contributed by atoms with E-state index in [1.165, 1.54) is 0 Å². The molecule has 0 radical (unpaired) electrons. The minimum Gasteiger partial charge on any atom is -0.491 e. The first kappa shape index (κ1) is 28.4. The van der Waals surface area contributed by atoms with Crippen LogP contribution >= 0.6 is 0 Å². The SMILES string of the molecule is CO[C@@H]1CN(C)C(=O)c2cc(NC(=O)NC(C)C)ccc2OC[C@@H](C)N(C(=O)CN(C)C)C[C@H]1C. The third kappa shape index (κ3) is 8.10. The summed E-state index contributed by atoms with van der Waals surface area (Å²) >= 11 is 0. The lowest BCUT2D eigenvalue weighted by Crippen LogP contribution is -2.50. The highest BCUT2D eigenvalue weighted by molar-refractivity contribution is 5.99. The standard InChI is InChI=1S/C25H41N5O5/c1-16(2)26-25(33)27-19-9-10-21-20(11-19)24(32)29(7)13-22(34-8)17(3)12-30(18(4)15-35-21)23(31)14-28(5)6/h9-11,16-18,22H,12-15H2,1-8H3,(H2,26,27,33)/t17-,18-,22-/m1/s1. The molecule has 10 heteroatoms. The smallest absolute Gasteiger partial charge is 0.319 e. The molecule has 35 heavy (non-hydrogen) atoms. The van der Waals surface area contributed by atoms with Gasteiger partial charge in [-0.25, -0.2) is 4.79 Å². The van der Waals surface area contributed by atoms with Gasteiger partial charge in [0.1, 0.15) is 12.4 Å². The van der Waals surface area contributed by atoms with E-state index >= 15 is 0 Å². The number of anilines is 1. The van der Waals surface area contributed by atoms with Gasteiger partial charge >= 0.3 is 6.03 Å². The Morgan fingerprint density at radius 2 is 1.91 bits per heavy atom. The molecule has 4 amide bonds. The van der Waals surface area contributed by atoms with E-state index in [9.17, 15) is 14.4 Å². The fourth-order valence-corrected chi connectivity index (χ4v) is 3.99. The lowest BCUT2D eigenvalue weighted by Gasteiger charge is -2.36. The Hall–Kier alpha value is -2.85. The molecule has 0 fully saturated rings. The van der Waals surface area contributed by atoms with Crippen LogP contribution in [0.1, 0.15) is 38.1 Å². The summed E-state index contributed by atoms with van der Waals surface area (Å²) in [4.78, 5) is 43.9. The van der Waals surface area contributed by atoms with Crippen LogP contribution in [0, 0.1) is 5.92 Å². The van der Waals surface area contributed by atoms with Gasteiger partial charge in [-0.15, -0.1) is 0 Å². The van der Waals surface area contributed by atoms with Gasteiger partial charge in [0.2, 0.25) is 5.91 Å². The first-order chi connectivity index (χ1) is 16.4. The minimum atomic E-state index is -0.355. The van der Waals surface area contributed by atoms with Gasteiger partial charge in [0.05, 0.1) is 24.3 Å². The van der Waals surface area contributed by atoms with E-state index in [1.807, 2.05) is 51.6 Å². The quantitative estimate of drug-likeness (QED) is 0.654. The van der Waals surface area contributed by atoms with E-state index in [2.05, 4.69) is 10.6 Å². The summed E-state index contributed by atoms with van der Waals surface area (Å²) in [6, 6.07) is 4.38. The number of rotatable bonds is 5. The third-order valence-electron chi connectivity index (χ3n) is 5.89. The van der Waals surface area contributed by atoms with Crippen molar-refractivity contribution in [3.63, 3.8) is 0 Å². The molecule has 0 bridgehead atoms. The van der Waals surface area contributed by atoms with E-state index in [0.29, 0.717) is 30.1 Å². The summed E-state index contributed by atoms with van der Waals surface area (Å²) in [5.41, 5.74) is 0.808. The van der Waals surface area contributed by atoms with E-state index in [1.54, 1.807) is 37.3 Å². The highest BCUT2D eigenvalue weighted by Gasteiger charge is 2.30. The Kier molecular flexibility index (Phi) is 10.3.